The Bertz CT molecular complexity index is 311. The van der Waals surface area contributed by atoms with E-state index in [1.807, 2.05) is 6.07 Å². The van der Waals surface area contributed by atoms with Gasteiger partial charge in [-0.2, -0.15) is 7.05 Å². The maximum atomic E-state index is 5.22. The summed E-state index contributed by atoms with van der Waals surface area (Å²) in [5.74, 6) is 0.946. The molecule has 2 atom stereocenters. The molecule has 1 fully saturated rings. The zero-order valence-corrected chi connectivity index (χ0v) is 8.62. The summed E-state index contributed by atoms with van der Waals surface area (Å²) in [6.07, 6.45) is 2.52. The Morgan fingerprint density at radius 2 is 2.36 bits per heavy atom. The zero-order chi connectivity index (χ0) is 9.97. The van der Waals surface area contributed by atoms with Gasteiger partial charge in [-0.3, -0.25) is 0 Å². The predicted octanol–water partition coefficient (Wildman–Crippen LogP) is 1.21. The molecule has 0 aromatic heterocycles. The smallest absolute Gasteiger partial charge is 0.119 e. The zero-order valence-electron chi connectivity index (χ0n) is 8.62. The summed E-state index contributed by atoms with van der Waals surface area (Å²) >= 11 is 0. The molecule has 2 nitrogen and oxygen atoms in total. The molecule has 0 radical (unpaired) electrons. The molecule has 0 spiro atoms. The first-order valence-corrected chi connectivity index (χ1v) is 5.13. The van der Waals surface area contributed by atoms with Gasteiger partial charge in [-0.25, -0.2) is 0 Å². The molecule has 76 valence electrons. The Kier molecular flexibility index (Phi) is 2.73. The molecule has 0 aliphatic carbocycles. The minimum Gasteiger partial charge on any atom is -0.497 e. The molecule has 0 saturated carbocycles. The third-order valence-corrected chi connectivity index (χ3v) is 2.98. The largest absolute Gasteiger partial charge is 0.497 e. The second kappa shape index (κ2) is 4.01. The maximum absolute atomic E-state index is 5.22. The Balaban J connectivity index is 2.22. The lowest BCUT2D eigenvalue weighted by Gasteiger charge is -2.23. The van der Waals surface area contributed by atoms with E-state index in [0.717, 1.165) is 5.75 Å². The molecule has 0 bridgehead atoms. The van der Waals surface area contributed by atoms with Crippen LogP contribution in [-0.2, 0) is 0 Å². The molecule has 0 amide bonds. The number of methoxy groups -OCH3 is 1. The van der Waals surface area contributed by atoms with Crippen LogP contribution in [0, 0.1) is 7.05 Å². The number of nitrogens with one attached hydrogen (secondary N) is 1. The number of benzene rings is 1. The average molecular weight is 191 g/mol. The van der Waals surface area contributed by atoms with Crippen molar-refractivity contribution in [2.75, 3.05) is 13.7 Å². The Morgan fingerprint density at radius 3 is 3.00 bits per heavy atom. The normalized spacial score (nSPS) is 26.4. The van der Waals surface area contributed by atoms with Crippen LogP contribution in [0.15, 0.2) is 24.3 Å². The SMILES string of the molecule is [CH2-][NH+]1CCCC1c1cccc(OC)c1. The quantitative estimate of drug-likeness (QED) is 0.694. The van der Waals surface area contributed by atoms with Gasteiger partial charge in [0.2, 0.25) is 0 Å². The predicted molar refractivity (Wildman–Crippen MR) is 56.2 cm³/mol. The summed E-state index contributed by atoms with van der Waals surface area (Å²) < 4.78 is 5.22. The van der Waals surface area contributed by atoms with E-state index >= 15 is 0 Å². The molecule has 1 N–H and O–H groups in total. The van der Waals surface area contributed by atoms with Crippen molar-refractivity contribution in [3.8, 4) is 5.75 Å². The lowest BCUT2D eigenvalue weighted by molar-refractivity contribution is -0.872. The van der Waals surface area contributed by atoms with Gasteiger partial charge < -0.3 is 9.64 Å². The van der Waals surface area contributed by atoms with Crippen LogP contribution in [0.25, 0.3) is 0 Å². The first kappa shape index (κ1) is 9.53. The third-order valence-electron chi connectivity index (χ3n) is 2.98. The van der Waals surface area contributed by atoms with Gasteiger partial charge in [0, 0.05) is 18.4 Å². The standard InChI is InChI=1S/C12H17NO/c1-13-8-4-7-12(13)10-5-3-6-11(9-10)14-2/h3,5-6,9,12-13H,1,4,7-8H2,2H3. The topological polar surface area (TPSA) is 13.7 Å². The molecule has 2 unspecified atom stereocenters. The molecule has 1 aliphatic heterocycles. The van der Waals surface area contributed by atoms with Crippen molar-refractivity contribution in [1.82, 2.24) is 0 Å². The number of hydrogen-bond donors (Lipinski definition) is 1. The van der Waals surface area contributed by atoms with Gasteiger partial charge in [0.05, 0.1) is 19.7 Å². The molecular weight excluding hydrogens is 174 g/mol. The lowest BCUT2D eigenvalue weighted by atomic mass is 10.0. The molecule has 1 heterocycles. The lowest BCUT2D eigenvalue weighted by Crippen LogP contribution is -3.04. The van der Waals surface area contributed by atoms with E-state index in [1.54, 1.807) is 7.11 Å². The second-order valence-corrected chi connectivity index (χ2v) is 3.88. The van der Waals surface area contributed by atoms with Gasteiger partial charge in [-0.1, -0.05) is 12.1 Å². The van der Waals surface area contributed by atoms with Gasteiger partial charge in [-0.05, 0) is 12.1 Å². The van der Waals surface area contributed by atoms with Gasteiger partial charge >= 0.3 is 0 Å². The van der Waals surface area contributed by atoms with Crippen LogP contribution in [0.5, 0.6) is 5.75 Å². The van der Waals surface area contributed by atoms with Crippen LogP contribution in [-0.4, -0.2) is 13.7 Å². The van der Waals surface area contributed by atoms with E-state index < -0.39 is 0 Å². The third kappa shape index (κ3) is 1.75. The van der Waals surface area contributed by atoms with Crippen molar-refractivity contribution < 1.29 is 9.64 Å². The Morgan fingerprint density at radius 1 is 1.50 bits per heavy atom. The minimum atomic E-state index is 0.560. The van der Waals surface area contributed by atoms with Crippen molar-refractivity contribution in [2.45, 2.75) is 18.9 Å². The highest BCUT2D eigenvalue weighted by Gasteiger charge is 2.22. The number of likely N-dealkylation sites (tertiary alicyclic amines) is 1. The van der Waals surface area contributed by atoms with Crippen LogP contribution >= 0.6 is 0 Å². The van der Waals surface area contributed by atoms with Crippen LogP contribution in [0.3, 0.4) is 0 Å². The Hall–Kier alpha value is -1.02. The molecule has 1 aromatic rings. The number of rotatable bonds is 2. The fraction of sp³-hybridized carbons (Fsp3) is 0.417. The van der Waals surface area contributed by atoms with Crippen molar-refractivity contribution in [3.05, 3.63) is 36.9 Å². The van der Waals surface area contributed by atoms with Crippen LogP contribution in [0.1, 0.15) is 24.4 Å². The summed E-state index contributed by atoms with van der Waals surface area (Å²) in [5, 5.41) is 0. The summed E-state index contributed by atoms with van der Waals surface area (Å²) in [6, 6.07) is 8.90. The number of ether oxygens (including phenoxy) is 1. The number of quaternary nitrogens is 1. The summed E-state index contributed by atoms with van der Waals surface area (Å²) in [6.45, 7) is 1.18. The molecule has 1 aliphatic rings. The molecule has 1 aromatic carbocycles. The van der Waals surface area contributed by atoms with E-state index in [1.165, 1.54) is 29.8 Å². The van der Waals surface area contributed by atoms with Crippen LogP contribution in [0.4, 0.5) is 0 Å². The first-order valence-electron chi connectivity index (χ1n) is 5.13. The second-order valence-electron chi connectivity index (χ2n) is 3.88. The van der Waals surface area contributed by atoms with Crippen molar-refractivity contribution in [3.63, 3.8) is 0 Å². The summed E-state index contributed by atoms with van der Waals surface area (Å²) in [7, 11) is 5.84. The highest BCUT2D eigenvalue weighted by atomic mass is 16.5. The van der Waals surface area contributed by atoms with Crippen molar-refractivity contribution in [2.24, 2.45) is 0 Å². The van der Waals surface area contributed by atoms with Crippen molar-refractivity contribution in [1.29, 1.82) is 0 Å². The van der Waals surface area contributed by atoms with Crippen LogP contribution < -0.4 is 9.64 Å². The molecule has 2 rings (SSSR count). The van der Waals surface area contributed by atoms with E-state index in [2.05, 4.69) is 25.2 Å². The Labute approximate surface area is 85.5 Å². The van der Waals surface area contributed by atoms with Gasteiger partial charge in [0.25, 0.3) is 0 Å². The van der Waals surface area contributed by atoms with Crippen molar-refractivity contribution >= 4 is 0 Å². The van der Waals surface area contributed by atoms with Gasteiger partial charge in [0.15, 0.2) is 0 Å². The summed E-state index contributed by atoms with van der Waals surface area (Å²) in [4.78, 5) is 1.37. The van der Waals surface area contributed by atoms with Gasteiger partial charge in [0.1, 0.15) is 5.75 Å². The molecule has 2 heteroatoms. The minimum absolute atomic E-state index is 0.560. The summed E-state index contributed by atoms with van der Waals surface area (Å²) in [5.41, 5.74) is 1.35. The molecule has 1 saturated heterocycles. The highest BCUT2D eigenvalue weighted by Crippen LogP contribution is 2.22. The van der Waals surface area contributed by atoms with E-state index in [-0.39, 0.29) is 0 Å². The van der Waals surface area contributed by atoms with Gasteiger partial charge in [-0.15, -0.1) is 0 Å². The molecular formula is C12H17NO. The fourth-order valence-electron chi connectivity index (χ4n) is 2.17. The first-order chi connectivity index (χ1) is 6.81. The van der Waals surface area contributed by atoms with E-state index in [9.17, 15) is 0 Å². The van der Waals surface area contributed by atoms with E-state index in [0.29, 0.717) is 6.04 Å². The van der Waals surface area contributed by atoms with E-state index in [4.69, 9.17) is 4.74 Å². The number of hydrogen-bond acceptors (Lipinski definition) is 1. The monoisotopic (exact) mass is 191 g/mol. The van der Waals surface area contributed by atoms with Crippen LogP contribution in [0.2, 0.25) is 0 Å². The maximum Gasteiger partial charge on any atom is 0.119 e. The average Bonchev–Trinajstić information content (AvgIpc) is 2.65. The highest BCUT2D eigenvalue weighted by molar-refractivity contribution is 5.29. The molecule has 14 heavy (non-hydrogen) atoms. The fourth-order valence-corrected chi connectivity index (χ4v) is 2.17.